The zero-order valence-corrected chi connectivity index (χ0v) is 11.5. The van der Waals surface area contributed by atoms with Crippen LogP contribution >= 0.6 is 0 Å². The minimum absolute atomic E-state index is 0.253. The molecule has 0 aromatic heterocycles. The Bertz CT molecular complexity index is 363. The Kier molecular flexibility index (Phi) is 3.80. The lowest BCUT2D eigenvalue weighted by Crippen LogP contribution is -2.57. The molecule has 0 bridgehead atoms. The van der Waals surface area contributed by atoms with Crippen molar-refractivity contribution in [1.82, 2.24) is 4.90 Å². The molecule has 2 N–H and O–H groups in total. The summed E-state index contributed by atoms with van der Waals surface area (Å²) >= 11 is 0. The summed E-state index contributed by atoms with van der Waals surface area (Å²) in [6, 6.07) is 0.528. The molecular weight excluding hydrogens is 236 g/mol. The fourth-order valence-electron chi connectivity index (χ4n) is 3.34. The maximum absolute atomic E-state index is 11.7. The van der Waals surface area contributed by atoms with Gasteiger partial charge in [-0.1, -0.05) is 19.3 Å². The van der Waals surface area contributed by atoms with E-state index in [-0.39, 0.29) is 11.3 Å². The monoisotopic (exact) mass is 260 g/mol. The quantitative estimate of drug-likeness (QED) is 0.814. The molecule has 1 saturated carbocycles. The van der Waals surface area contributed by atoms with Crippen molar-refractivity contribution in [1.29, 1.82) is 0 Å². The summed E-state index contributed by atoms with van der Waals surface area (Å²) in [6.07, 6.45) is 6.94. The number of hydrogen-bond acceptors (Lipinski definition) is 4. The number of likely N-dealkylation sites (N-methyl/N-ethyl adjacent to an activating group) is 1. The average Bonchev–Trinajstić information content (AvgIpc) is 2.66. The van der Waals surface area contributed by atoms with Gasteiger partial charge in [0.15, 0.2) is 9.84 Å². The van der Waals surface area contributed by atoms with Crippen molar-refractivity contribution >= 4 is 9.84 Å². The van der Waals surface area contributed by atoms with Crippen molar-refractivity contribution in [2.45, 2.75) is 50.1 Å². The Balaban J connectivity index is 2.12. The second-order valence-electron chi connectivity index (χ2n) is 5.67. The third-order valence-electron chi connectivity index (χ3n) is 4.62. The summed E-state index contributed by atoms with van der Waals surface area (Å²) < 4.78 is 23.4. The highest BCUT2D eigenvalue weighted by atomic mass is 32.2. The minimum atomic E-state index is -2.87. The van der Waals surface area contributed by atoms with Gasteiger partial charge < -0.3 is 5.73 Å². The smallest absolute Gasteiger partial charge is 0.152 e. The highest BCUT2D eigenvalue weighted by Gasteiger charge is 2.46. The van der Waals surface area contributed by atoms with Crippen molar-refractivity contribution in [2.75, 3.05) is 25.1 Å². The SMILES string of the molecule is CN(C1CCCCC1)C1(CN)CCS(=O)(=O)C1. The predicted molar refractivity (Wildman–Crippen MR) is 69.7 cm³/mol. The molecule has 1 aliphatic carbocycles. The summed E-state index contributed by atoms with van der Waals surface area (Å²) in [4.78, 5) is 2.29. The molecule has 1 heterocycles. The number of sulfone groups is 1. The van der Waals surface area contributed by atoms with E-state index in [1.54, 1.807) is 0 Å². The summed E-state index contributed by atoms with van der Waals surface area (Å²) in [6.45, 7) is 0.458. The number of hydrogen-bond donors (Lipinski definition) is 1. The van der Waals surface area contributed by atoms with E-state index in [4.69, 9.17) is 5.73 Å². The molecule has 0 amide bonds. The summed E-state index contributed by atoms with van der Waals surface area (Å²) in [5.74, 6) is 0.560. The van der Waals surface area contributed by atoms with Crippen LogP contribution in [0.15, 0.2) is 0 Å². The third kappa shape index (κ3) is 2.66. The number of nitrogens with zero attached hydrogens (tertiary/aromatic N) is 1. The summed E-state index contributed by atoms with van der Waals surface area (Å²) in [5.41, 5.74) is 5.60. The Morgan fingerprint density at radius 2 is 1.94 bits per heavy atom. The molecule has 5 heteroatoms. The van der Waals surface area contributed by atoms with Crippen LogP contribution in [0.4, 0.5) is 0 Å². The van der Waals surface area contributed by atoms with Crippen LogP contribution in [0.25, 0.3) is 0 Å². The van der Waals surface area contributed by atoms with Gasteiger partial charge in [-0.25, -0.2) is 8.42 Å². The van der Waals surface area contributed by atoms with Crippen LogP contribution in [0.3, 0.4) is 0 Å². The molecule has 1 aliphatic heterocycles. The molecule has 0 spiro atoms. The Morgan fingerprint density at radius 3 is 2.41 bits per heavy atom. The van der Waals surface area contributed by atoms with Gasteiger partial charge in [-0.15, -0.1) is 0 Å². The van der Waals surface area contributed by atoms with E-state index in [2.05, 4.69) is 11.9 Å². The van der Waals surface area contributed by atoms with Gasteiger partial charge in [-0.2, -0.15) is 0 Å². The second kappa shape index (κ2) is 4.86. The van der Waals surface area contributed by atoms with Crippen molar-refractivity contribution in [3.05, 3.63) is 0 Å². The zero-order valence-electron chi connectivity index (χ0n) is 10.7. The van der Waals surface area contributed by atoms with E-state index < -0.39 is 9.84 Å². The van der Waals surface area contributed by atoms with E-state index in [9.17, 15) is 8.42 Å². The molecule has 1 saturated heterocycles. The molecule has 0 aromatic carbocycles. The molecule has 2 fully saturated rings. The first-order chi connectivity index (χ1) is 7.99. The van der Waals surface area contributed by atoms with Crippen LogP contribution in [0.5, 0.6) is 0 Å². The minimum Gasteiger partial charge on any atom is -0.329 e. The summed E-state index contributed by atoms with van der Waals surface area (Å²) in [5, 5.41) is 0. The lowest BCUT2D eigenvalue weighted by molar-refractivity contribution is 0.0754. The number of rotatable bonds is 3. The van der Waals surface area contributed by atoms with Gasteiger partial charge in [0, 0.05) is 18.1 Å². The molecule has 4 nitrogen and oxygen atoms in total. The fourth-order valence-corrected chi connectivity index (χ4v) is 5.46. The highest BCUT2D eigenvalue weighted by Crippen LogP contribution is 2.33. The molecule has 100 valence electrons. The topological polar surface area (TPSA) is 63.4 Å². The lowest BCUT2D eigenvalue weighted by Gasteiger charge is -2.43. The molecular formula is C12H24N2O2S. The maximum atomic E-state index is 11.7. The first kappa shape index (κ1) is 13.3. The highest BCUT2D eigenvalue weighted by molar-refractivity contribution is 7.91. The largest absolute Gasteiger partial charge is 0.329 e. The van der Waals surface area contributed by atoms with Crippen molar-refractivity contribution in [3.63, 3.8) is 0 Å². The fraction of sp³-hybridized carbons (Fsp3) is 1.00. The normalized spacial score (nSPS) is 34.3. The van der Waals surface area contributed by atoms with E-state index in [1.165, 1.54) is 32.1 Å². The zero-order chi connectivity index (χ0) is 12.5. The predicted octanol–water partition coefficient (Wildman–Crippen LogP) is 0.767. The van der Waals surface area contributed by atoms with Crippen LogP contribution in [0, 0.1) is 0 Å². The van der Waals surface area contributed by atoms with Gasteiger partial charge in [0.2, 0.25) is 0 Å². The third-order valence-corrected chi connectivity index (χ3v) is 6.42. The molecule has 1 unspecified atom stereocenters. The Hall–Kier alpha value is -0.130. The van der Waals surface area contributed by atoms with Crippen molar-refractivity contribution in [2.24, 2.45) is 5.73 Å². The van der Waals surface area contributed by atoms with E-state index in [1.807, 2.05) is 0 Å². The van der Waals surface area contributed by atoms with Gasteiger partial charge >= 0.3 is 0 Å². The first-order valence-electron chi connectivity index (χ1n) is 6.63. The van der Waals surface area contributed by atoms with Crippen molar-refractivity contribution < 1.29 is 8.42 Å². The second-order valence-corrected chi connectivity index (χ2v) is 7.86. The van der Waals surface area contributed by atoms with Gasteiger partial charge in [0.25, 0.3) is 0 Å². The van der Waals surface area contributed by atoms with E-state index in [0.717, 1.165) is 0 Å². The standard InChI is InChI=1S/C12H24N2O2S/c1-14(11-5-3-2-4-6-11)12(9-13)7-8-17(15,16)10-12/h11H,2-10,13H2,1H3. The van der Waals surface area contributed by atoms with E-state index >= 15 is 0 Å². The van der Waals surface area contributed by atoms with Crippen LogP contribution in [0.2, 0.25) is 0 Å². The number of nitrogens with two attached hydrogens (primary N) is 1. The molecule has 17 heavy (non-hydrogen) atoms. The lowest BCUT2D eigenvalue weighted by atomic mass is 9.88. The van der Waals surface area contributed by atoms with E-state index in [0.29, 0.717) is 24.8 Å². The van der Waals surface area contributed by atoms with Gasteiger partial charge in [-0.05, 0) is 26.3 Å². The molecule has 2 aliphatic rings. The van der Waals surface area contributed by atoms with Crippen LogP contribution in [-0.4, -0.2) is 50.0 Å². The van der Waals surface area contributed by atoms with Crippen molar-refractivity contribution in [3.8, 4) is 0 Å². The van der Waals surface area contributed by atoms with Gasteiger partial charge in [0.1, 0.15) is 0 Å². The van der Waals surface area contributed by atoms with Crippen LogP contribution in [-0.2, 0) is 9.84 Å². The molecule has 2 rings (SSSR count). The molecule has 1 atom stereocenters. The Morgan fingerprint density at radius 1 is 1.29 bits per heavy atom. The summed E-state index contributed by atoms with van der Waals surface area (Å²) in [7, 11) is -0.798. The van der Waals surface area contributed by atoms with Gasteiger partial charge in [0.05, 0.1) is 11.5 Å². The average molecular weight is 260 g/mol. The van der Waals surface area contributed by atoms with Crippen LogP contribution < -0.4 is 5.73 Å². The first-order valence-corrected chi connectivity index (χ1v) is 8.45. The maximum Gasteiger partial charge on any atom is 0.152 e. The van der Waals surface area contributed by atoms with Gasteiger partial charge in [-0.3, -0.25) is 4.90 Å². The Labute approximate surface area is 104 Å². The molecule has 0 aromatic rings. The molecule has 0 radical (unpaired) electrons. The van der Waals surface area contributed by atoms with Crippen LogP contribution in [0.1, 0.15) is 38.5 Å².